The molecule has 1 aliphatic rings. The third kappa shape index (κ3) is 2.01. The second-order valence-electron chi connectivity index (χ2n) is 4.46. The van der Waals surface area contributed by atoms with Gasteiger partial charge in [0, 0.05) is 10.2 Å². The van der Waals surface area contributed by atoms with Crippen LogP contribution in [0.15, 0.2) is 34.8 Å². The zero-order valence-electron chi connectivity index (χ0n) is 10.4. The van der Waals surface area contributed by atoms with Gasteiger partial charge in [0.2, 0.25) is 0 Å². The highest BCUT2D eigenvalue weighted by Gasteiger charge is 2.38. The maximum Gasteiger partial charge on any atom is 0.266 e. The Morgan fingerprint density at radius 2 is 1.48 bits per heavy atom. The van der Waals surface area contributed by atoms with E-state index < -0.39 is 23.4 Å². The van der Waals surface area contributed by atoms with E-state index in [1.807, 2.05) is 0 Å². The van der Waals surface area contributed by atoms with E-state index in [0.717, 1.165) is 17.0 Å². The number of anilines is 2. The van der Waals surface area contributed by atoms with Gasteiger partial charge in [-0.15, -0.1) is 0 Å². The molecule has 106 valence electrons. The number of carbonyl (C=O) groups is 2. The van der Waals surface area contributed by atoms with Gasteiger partial charge in [-0.2, -0.15) is 0 Å². The Balaban J connectivity index is 2.13. The number of amides is 2. The number of nitrogens with zero attached hydrogens (tertiary/aromatic N) is 1. The molecule has 4 nitrogen and oxygen atoms in total. The molecule has 0 aromatic heterocycles. The number of hydrogen-bond donors (Lipinski definition) is 1. The molecule has 0 aliphatic carbocycles. The largest absolute Gasteiger partial charge is 0.398 e. The Labute approximate surface area is 126 Å². The minimum absolute atomic E-state index is 0.160. The standard InChI is InChI=1S/C14H7BrF2N2O2/c15-9-3-6(1-2-12(9)18)19-13(20)7-4-10(16)11(17)5-8(7)14(19)21/h1-5H,18H2. The Kier molecular flexibility index (Phi) is 3.02. The number of halogens is 3. The summed E-state index contributed by atoms with van der Waals surface area (Å²) < 4.78 is 27.0. The van der Waals surface area contributed by atoms with E-state index in [1.54, 1.807) is 0 Å². The van der Waals surface area contributed by atoms with Gasteiger partial charge in [-0.1, -0.05) is 0 Å². The van der Waals surface area contributed by atoms with Gasteiger partial charge < -0.3 is 5.73 Å². The van der Waals surface area contributed by atoms with Crippen molar-refractivity contribution in [3.63, 3.8) is 0 Å². The van der Waals surface area contributed by atoms with Crippen LogP contribution in [-0.4, -0.2) is 11.8 Å². The topological polar surface area (TPSA) is 63.4 Å². The van der Waals surface area contributed by atoms with E-state index in [2.05, 4.69) is 15.9 Å². The summed E-state index contributed by atoms with van der Waals surface area (Å²) >= 11 is 3.20. The van der Waals surface area contributed by atoms with Crippen molar-refractivity contribution in [2.24, 2.45) is 0 Å². The van der Waals surface area contributed by atoms with E-state index in [1.165, 1.54) is 18.2 Å². The molecule has 0 radical (unpaired) electrons. The van der Waals surface area contributed by atoms with E-state index in [-0.39, 0.29) is 16.8 Å². The maximum absolute atomic E-state index is 13.2. The molecule has 0 saturated carbocycles. The molecule has 2 N–H and O–H groups in total. The average Bonchev–Trinajstić information content (AvgIpc) is 2.66. The number of imide groups is 1. The number of fused-ring (bicyclic) bond motifs is 1. The summed E-state index contributed by atoms with van der Waals surface area (Å²) in [5, 5.41) is 0. The average molecular weight is 353 g/mol. The van der Waals surface area contributed by atoms with Crippen molar-refractivity contribution >= 4 is 39.1 Å². The lowest BCUT2D eigenvalue weighted by molar-refractivity contribution is 0.0926. The van der Waals surface area contributed by atoms with Crippen LogP contribution in [0.5, 0.6) is 0 Å². The van der Waals surface area contributed by atoms with Crippen LogP contribution in [0.3, 0.4) is 0 Å². The zero-order valence-corrected chi connectivity index (χ0v) is 11.9. The summed E-state index contributed by atoms with van der Waals surface area (Å²) in [7, 11) is 0. The highest BCUT2D eigenvalue weighted by Crippen LogP contribution is 2.32. The van der Waals surface area contributed by atoms with Crippen molar-refractivity contribution in [3.8, 4) is 0 Å². The smallest absolute Gasteiger partial charge is 0.266 e. The van der Waals surface area contributed by atoms with Gasteiger partial charge in [-0.25, -0.2) is 13.7 Å². The fraction of sp³-hybridized carbons (Fsp3) is 0. The molecule has 1 heterocycles. The monoisotopic (exact) mass is 352 g/mol. The first kappa shape index (κ1) is 13.7. The van der Waals surface area contributed by atoms with E-state index in [9.17, 15) is 18.4 Å². The quantitative estimate of drug-likeness (QED) is 0.633. The molecule has 0 unspecified atom stereocenters. The second-order valence-corrected chi connectivity index (χ2v) is 5.32. The maximum atomic E-state index is 13.2. The van der Waals surface area contributed by atoms with Crippen molar-refractivity contribution in [1.82, 2.24) is 0 Å². The predicted octanol–water partition coefficient (Wildman–Crippen LogP) is 3.11. The van der Waals surface area contributed by atoms with Gasteiger partial charge in [0.1, 0.15) is 0 Å². The molecule has 2 amide bonds. The first-order chi connectivity index (χ1) is 9.90. The Hall–Kier alpha value is -2.28. The van der Waals surface area contributed by atoms with Crippen molar-refractivity contribution in [2.45, 2.75) is 0 Å². The SMILES string of the molecule is Nc1ccc(N2C(=O)c3cc(F)c(F)cc3C2=O)cc1Br. The summed E-state index contributed by atoms with van der Waals surface area (Å²) in [6.45, 7) is 0. The third-order valence-corrected chi connectivity index (χ3v) is 3.86. The van der Waals surface area contributed by atoms with Crippen molar-refractivity contribution in [2.75, 3.05) is 10.6 Å². The molecular weight excluding hydrogens is 346 g/mol. The molecule has 21 heavy (non-hydrogen) atoms. The molecule has 0 atom stereocenters. The molecule has 0 spiro atoms. The summed E-state index contributed by atoms with van der Waals surface area (Å²) in [5.41, 5.74) is 6.03. The zero-order chi connectivity index (χ0) is 15.3. The van der Waals surface area contributed by atoms with E-state index in [0.29, 0.717) is 10.2 Å². The molecule has 0 saturated heterocycles. The summed E-state index contributed by atoms with van der Waals surface area (Å²) in [6, 6.07) is 5.96. The highest BCUT2D eigenvalue weighted by atomic mass is 79.9. The first-order valence-corrected chi connectivity index (χ1v) is 6.62. The van der Waals surface area contributed by atoms with Gasteiger partial charge in [-0.05, 0) is 46.3 Å². The van der Waals surface area contributed by atoms with Gasteiger partial charge in [0.15, 0.2) is 11.6 Å². The molecule has 2 aromatic rings. The fourth-order valence-corrected chi connectivity index (χ4v) is 2.49. The van der Waals surface area contributed by atoms with Gasteiger partial charge in [-0.3, -0.25) is 9.59 Å². The van der Waals surface area contributed by atoms with E-state index in [4.69, 9.17) is 5.73 Å². The van der Waals surface area contributed by atoms with Gasteiger partial charge >= 0.3 is 0 Å². The predicted molar refractivity (Wildman–Crippen MR) is 76.1 cm³/mol. The summed E-state index contributed by atoms with van der Waals surface area (Å²) in [6.07, 6.45) is 0. The van der Waals surface area contributed by atoms with Crippen LogP contribution >= 0.6 is 15.9 Å². The number of nitrogens with two attached hydrogens (primary N) is 1. The molecule has 1 aliphatic heterocycles. The van der Waals surface area contributed by atoms with Crippen LogP contribution in [0.25, 0.3) is 0 Å². The van der Waals surface area contributed by atoms with Gasteiger partial charge in [0.05, 0.1) is 16.8 Å². The minimum atomic E-state index is -1.17. The van der Waals surface area contributed by atoms with Crippen LogP contribution in [0.2, 0.25) is 0 Å². The summed E-state index contributed by atoms with van der Waals surface area (Å²) in [4.78, 5) is 25.3. The van der Waals surface area contributed by atoms with Crippen molar-refractivity contribution in [1.29, 1.82) is 0 Å². The lowest BCUT2D eigenvalue weighted by Crippen LogP contribution is -2.29. The van der Waals surface area contributed by atoms with Crippen molar-refractivity contribution in [3.05, 3.63) is 57.6 Å². The van der Waals surface area contributed by atoms with Crippen LogP contribution in [-0.2, 0) is 0 Å². The molecule has 2 aromatic carbocycles. The normalized spacial score (nSPS) is 13.8. The lowest BCUT2D eigenvalue weighted by Gasteiger charge is -2.14. The Morgan fingerprint density at radius 3 is 1.95 bits per heavy atom. The van der Waals surface area contributed by atoms with Crippen LogP contribution in [0, 0.1) is 11.6 Å². The number of rotatable bonds is 1. The minimum Gasteiger partial charge on any atom is -0.398 e. The third-order valence-electron chi connectivity index (χ3n) is 3.17. The highest BCUT2D eigenvalue weighted by molar-refractivity contribution is 9.10. The molecule has 0 fully saturated rings. The molecule has 7 heteroatoms. The molecule has 0 bridgehead atoms. The number of nitrogen functional groups attached to an aromatic ring is 1. The van der Waals surface area contributed by atoms with E-state index >= 15 is 0 Å². The Morgan fingerprint density at radius 1 is 0.952 bits per heavy atom. The molecular formula is C14H7BrF2N2O2. The Bertz CT molecular complexity index is 767. The number of hydrogen-bond acceptors (Lipinski definition) is 3. The number of benzene rings is 2. The first-order valence-electron chi connectivity index (χ1n) is 5.83. The molecule has 3 rings (SSSR count). The lowest BCUT2D eigenvalue weighted by atomic mass is 10.1. The fourth-order valence-electron chi connectivity index (χ4n) is 2.12. The second kappa shape index (κ2) is 4.63. The number of carbonyl (C=O) groups excluding carboxylic acids is 2. The van der Waals surface area contributed by atoms with Crippen LogP contribution in [0.4, 0.5) is 20.2 Å². The van der Waals surface area contributed by atoms with Crippen molar-refractivity contribution < 1.29 is 18.4 Å². The van der Waals surface area contributed by atoms with Crippen LogP contribution < -0.4 is 10.6 Å². The van der Waals surface area contributed by atoms with Crippen LogP contribution in [0.1, 0.15) is 20.7 Å². The summed E-state index contributed by atoms with van der Waals surface area (Å²) in [5.74, 6) is -3.75. The van der Waals surface area contributed by atoms with Gasteiger partial charge in [0.25, 0.3) is 11.8 Å².